The summed E-state index contributed by atoms with van der Waals surface area (Å²) in [4.78, 5) is 37.9. The number of imide groups is 1. The summed E-state index contributed by atoms with van der Waals surface area (Å²) in [7, 11) is 0. The summed E-state index contributed by atoms with van der Waals surface area (Å²) in [5.74, 6) is 0.0509. The van der Waals surface area contributed by atoms with E-state index < -0.39 is 23.7 Å². The molecule has 2 amide bonds. The summed E-state index contributed by atoms with van der Waals surface area (Å²) in [6, 6.07) is 3.64. The smallest absolute Gasteiger partial charge is 0.326 e. The molecule has 0 unspecified atom stereocenters. The van der Waals surface area contributed by atoms with Crippen molar-refractivity contribution in [2.75, 3.05) is 19.8 Å². The van der Waals surface area contributed by atoms with Crippen LogP contribution < -0.4 is 9.47 Å². The van der Waals surface area contributed by atoms with Crippen molar-refractivity contribution in [2.45, 2.75) is 40.2 Å². The first-order valence-electron chi connectivity index (χ1n) is 9.78. The van der Waals surface area contributed by atoms with Crippen molar-refractivity contribution < 1.29 is 28.6 Å². The number of benzene rings is 1. The fourth-order valence-electron chi connectivity index (χ4n) is 2.86. The molecule has 30 heavy (non-hydrogen) atoms. The van der Waals surface area contributed by atoms with Gasteiger partial charge in [-0.15, -0.1) is 6.58 Å². The van der Waals surface area contributed by atoms with Crippen molar-refractivity contribution in [1.82, 2.24) is 4.90 Å². The highest BCUT2D eigenvalue weighted by molar-refractivity contribution is 8.18. The van der Waals surface area contributed by atoms with Crippen molar-refractivity contribution in [3.05, 3.63) is 40.8 Å². The fraction of sp³-hybridized carbons (Fsp3) is 0.409. The number of rotatable bonds is 10. The van der Waals surface area contributed by atoms with Gasteiger partial charge in [0.15, 0.2) is 11.5 Å². The Morgan fingerprint density at radius 3 is 2.50 bits per heavy atom. The van der Waals surface area contributed by atoms with Crippen molar-refractivity contribution in [2.24, 2.45) is 0 Å². The highest BCUT2D eigenvalue weighted by Gasteiger charge is 2.36. The van der Waals surface area contributed by atoms with Crippen molar-refractivity contribution in [3.63, 3.8) is 0 Å². The Bertz CT molecular complexity index is 861. The molecule has 0 aromatic heterocycles. The van der Waals surface area contributed by atoms with E-state index in [1.807, 2.05) is 19.9 Å². The number of nitrogens with zero attached hydrogens (tertiary/aromatic N) is 1. The van der Waals surface area contributed by atoms with Crippen molar-refractivity contribution >= 4 is 35.0 Å². The number of esters is 1. The highest BCUT2D eigenvalue weighted by Crippen LogP contribution is 2.37. The van der Waals surface area contributed by atoms with Gasteiger partial charge < -0.3 is 14.2 Å². The van der Waals surface area contributed by atoms with E-state index in [1.165, 1.54) is 0 Å². The van der Waals surface area contributed by atoms with E-state index in [0.717, 1.165) is 22.2 Å². The molecule has 1 aromatic carbocycles. The number of allylic oxidation sites excluding steroid dienone is 1. The first kappa shape index (κ1) is 23.5. The van der Waals surface area contributed by atoms with E-state index in [0.29, 0.717) is 36.7 Å². The second-order valence-electron chi connectivity index (χ2n) is 6.67. The van der Waals surface area contributed by atoms with Gasteiger partial charge in [-0.1, -0.05) is 6.08 Å². The third-order valence-corrected chi connectivity index (χ3v) is 4.84. The van der Waals surface area contributed by atoms with E-state index in [1.54, 1.807) is 32.1 Å². The molecule has 0 N–H and O–H groups in total. The summed E-state index contributed by atoms with van der Waals surface area (Å²) in [5.41, 5.74) is 1.55. The minimum Gasteiger partial charge on any atom is -0.490 e. The Morgan fingerprint density at radius 2 is 1.90 bits per heavy atom. The molecular formula is C22H27NO6S. The first-order chi connectivity index (χ1) is 14.3. The maximum Gasteiger partial charge on any atom is 0.326 e. The zero-order valence-corrected chi connectivity index (χ0v) is 18.5. The Morgan fingerprint density at radius 1 is 1.20 bits per heavy atom. The molecule has 1 saturated heterocycles. The number of thioether (sulfide) groups is 1. The van der Waals surface area contributed by atoms with Crippen molar-refractivity contribution in [3.8, 4) is 11.5 Å². The second kappa shape index (κ2) is 10.9. The number of hydrogen-bond acceptors (Lipinski definition) is 7. The van der Waals surface area contributed by atoms with Gasteiger partial charge in [0.2, 0.25) is 0 Å². The number of hydrogen-bond donors (Lipinski definition) is 0. The molecule has 1 aliphatic rings. The molecule has 7 nitrogen and oxygen atoms in total. The van der Waals surface area contributed by atoms with Gasteiger partial charge >= 0.3 is 5.97 Å². The van der Waals surface area contributed by atoms with Gasteiger partial charge in [-0.2, -0.15) is 0 Å². The zero-order chi connectivity index (χ0) is 22.3. The average molecular weight is 434 g/mol. The van der Waals surface area contributed by atoms with Crippen LogP contribution in [0.3, 0.4) is 0 Å². The minimum atomic E-state index is -0.624. The van der Waals surface area contributed by atoms with Crippen molar-refractivity contribution in [1.29, 1.82) is 0 Å². The van der Waals surface area contributed by atoms with Crippen LogP contribution in [0.25, 0.3) is 6.08 Å². The Hall–Kier alpha value is -2.74. The van der Waals surface area contributed by atoms with Crippen LogP contribution in [0.5, 0.6) is 11.5 Å². The normalized spacial score (nSPS) is 15.1. The molecule has 1 fully saturated rings. The maximum atomic E-state index is 12.7. The molecule has 1 heterocycles. The Balaban J connectivity index is 2.35. The lowest BCUT2D eigenvalue weighted by molar-refractivity contribution is -0.149. The fourth-order valence-corrected chi connectivity index (χ4v) is 3.70. The SMILES string of the molecule is C=CCc1cc(/C=C2/SC(=O)N(CC(=O)OC(C)C)C2=O)cc(OCC)c1OCC. The van der Waals surface area contributed by atoms with Crippen LogP contribution in [0.1, 0.15) is 38.8 Å². The van der Waals surface area contributed by atoms with Gasteiger partial charge in [0.1, 0.15) is 6.54 Å². The van der Waals surface area contributed by atoms with Crippen LogP contribution >= 0.6 is 11.8 Å². The van der Waals surface area contributed by atoms with Gasteiger partial charge in [0.25, 0.3) is 11.1 Å². The summed E-state index contributed by atoms with van der Waals surface area (Å²) >= 11 is 0.789. The molecular weight excluding hydrogens is 406 g/mol. The Kier molecular flexibility index (Phi) is 8.53. The molecule has 0 atom stereocenters. The second-order valence-corrected chi connectivity index (χ2v) is 7.67. The third-order valence-electron chi connectivity index (χ3n) is 3.93. The highest BCUT2D eigenvalue weighted by atomic mass is 32.2. The minimum absolute atomic E-state index is 0.230. The van der Waals surface area contributed by atoms with E-state index in [2.05, 4.69) is 6.58 Å². The molecule has 1 aromatic rings. The van der Waals surface area contributed by atoms with Gasteiger partial charge in [0, 0.05) is 5.56 Å². The average Bonchev–Trinajstić information content (AvgIpc) is 2.91. The topological polar surface area (TPSA) is 82.1 Å². The lowest BCUT2D eigenvalue weighted by atomic mass is 10.0. The van der Waals surface area contributed by atoms with Gasteiger partial charge in [-0.3, -0.25) is 19.3 Å². The van der Waals surface area contributed by atoms with Crippen LogP contribution in [-0.4, -0.2) is 47.9 Å². The molecule has 0 saturated carbocycles. The number of ether oxygens (including phenoxy) is 3. The molecule has 2 rings (SSSR count). The molecule has 1 aliphatic heterocycles. The van der Waals surface area contributed by atoms with Crippen LogP contribution in [0, 0.1) is 0 Å². The lowest BCUT2D eigenvalue weighted by Crippen LogP contribution is -2.35. The van der Waals surface area contributed by atoms with E-state index in [-0.39, 0.29) is 11.0 Å². The summed E-state index contributed by atoms with van der Waals surface area (Å²) in [5, 5.41) is -0.505. The summed E-state index contributed by atoms with van der Waals surface area (Å²) in [6.45, 7) is 11.5. The Labute approximate surface area is 181 Å². The molecule has 162 valence electrons. The van der Waals surface area contributed by atoms with Gasteiger partial charge in [-0.05, 0) is 69.6 Å². The number of carbonyl (C=O) groups excluding carboxylic acids is 3. The first-order valence-corrected chi connectivity index (χ1v) is 10.6. The van der Waals surface area contributed by atoms with Gasteiger partial charge in [-0.25, -0.2) is 0 Å². The lowest BCUT2D eigenvalue weighted by Gasteiger charge is -2.16. The molecule has 0 bridgehead atoms. The molecule has 0 aliphatic carbocycles. The van der Waals surface area contributed by atoms with Crippen LogP contribution in [-0.2, 0) is 20.7 Å². The van der Waals surface area contributed by atoms with E-state index in [9.17, 15) is 14.4 Å². The van der Waals surface area contributed by atoms with Crippen LogP contribution in [0.2, 0.25) is 0 Å². The van der Waals surface area contributed by atoms with E-state index >= 15 is 0 Å². The third kappa shape index (κ3) is 5.89. The van der Waals surface area contributed by atoms with E-state index in [4.69, 9.17) is 14.2 Å². The maximum absolute atomic E-state index is 12.7. The van der Waals surface area contributed by atoms with Gasteiger partial charge in [0.05, 0.1) is 24.2 Å². The predicted molar refractivity (Wildman–Crippen MR) is 117 cm³/mol. The molecule has 0 radical (unpaired) electrons. The standard InChI is InChI=1S/C22H27NO6S/c1-6-9-16-10-15(11-17(27-7-2)20(16)28-8-3)12-18-21(25)23(22(26)30-18)13-19(24)29-14(4)5/h6,10-12,14H,1,7-9,13H2,2-5H3/b18-12+. The van der Waals surface area contributed by atoms with Crippen LogP contribution in [0.15, 0.2) is 29.7 Å². The summed E-state index contributed by atoms with van der Waals surface area (Å²) in [6.07, 6.45) is 3.60. The predicted octanol–water partition coefficient (Wildman–Crippen LogP) is 4.20. The monoisotopic (exact) mass is 433 g/mol. The van der Waals surface area contributed by atoms with Crippen LogP contribution in [0.4, 0.5) is 4.79 Å². The zero-order valence-electron chi connectivity index (χ0n) is 17.7. The summed E-state index contributed by atoms with van der Waals surface area (Å²) < 4.78 is 16.5. The largest absolute Gasteiger partial charge is 0.490 e. The molecule has 8 heteroatoms. The number of carbonyl (C=O) groups is 3. The quantitative estimate of drug-likeness (QED) is 0.311. The number of amides is 2. The molecule has 0 spiro atoms.